The van der Waals surface area contributed by atoms with Crippen molar-refractivity contribution in [1.29, 1.82) is 0 Å². The largest absolute Gasteiger partial charge is 0.422 e. The highest BCUT2D eigenvalue weighted by Gasteiger charge is 2.23. The number of nitrogens with zero attached hydrogens (tertiary/aromatic N) is 3. The fourth-order valence-corrected chi connectivity index (χ4v) is 1.26. The lowest BCUT2D eigenvalue weighted by Gasteiger charge is -2.03. The maximum atomic E-state index is 11.7. The van der Waals surface area contributed by atoms with Gasteiger partial charge in [-0.25, -0.2) is 14.8 Å². The van der Waals surface area contributed by atoms with Crippen molar-refractivity contribution in [1.82, 2.24) is 9.97 Å². The number of hydrogen-bond acceptors (Lipinski definition) is 6. The van der Waals surface area contributed by atoms with Crippen LogP contribution in [0.15, 0.2) is 42.9 Å². The van der Waals surface area contributed by atoms with E-state index in [9.17, 15) is 14.9 Å². The van der Waals surface area contributed by atoms with Crippen molar-refractivity contribution < 1.29 is 14.5 Å². The van der Waals surface area contributed by atoms with Crippen LogP contribution in [0.4, 0.5) is 5.69 Å². The third-order valence-electron chi connectivity index (χ3n) is 2.04. The second-order valence-corrected chi connectivity index (χ2v) is 3.22. The van der Waals surface area contributed by atoms with Crippen molar-refractivity contribution in [3.05, 3.63) is 58.7 Å². The van der Waals surface area contributed by atoms with Gasteiger partial charge >= 0.3 is 11.7 Å². The summed E-state index contributed by atoms with van der Waals surface area (Å²) in [5.74, 6) is -0.606. The van der Waals surface area contributed by atoms with Gasteiger partial charge in [0.25, 0.3) is 0 Å². The Kier molecular flexibility index (Phi) is 3.24. The average molecular weight is 245 g/mol. The number of benzene rings is 1. The van der Waals surface area contributed by atoms with Crippen LogP contribution in [0.25, 0.3) is 0 Å². The third kappa shape index (κ3) is 2.46. The molecule has 90 valence electrons. The number of aromatic nitrogens is 2. The normalized spacial score (nSPS) is 9.78. The van der Waals surface area contributed by atoms with Crippen LogP contribution in [-0.4, -0.2) is 20.9 Å². The molecular formula is C11H7N3O4. The number of para-hydroxylation sites is 1. The topological polar surface area (TPSA) is 95.2 Å². The van der Waals surface area contributed by atoms with E-state index in [2.05, 4.69) is 9.97 Å². The van der Waals surface area contributed by atoms with Gasteiger partial charge in [0.15, 0.2) is 0 Å². The number of carbonyl (C=O) groups is 1. The van der Waals surface area contributed by atoms with Crippen LogP contribution >= 0.6 is 0 Å². The molecule has 0 N–H and O–H groups in total. The summed E-state index contributed by atoms with van der Waals surface area (Å²) in [5.41, 5.74) is -0.864. The highest BCUT2D eigenvalue weighted by molar-refractivity contribution is 5.92. The van der Waals surface area contributed by atoms with Crippen LogP contribution in [-0.2, 0) is 0 Å². The maximum Gasteiger partial charge on any atom is 0.369 e. The Morgan fingerprint density at radius 1 is 1.28 bits per heavy atom. The predicted molar refractivity (Wildman–Crippen MR) is 60.1 cm³/mol. The fourth-order valence-electron chi connectivity index (χ4n) is 1.26. The molecule has 0 amide bonds. The van der Waals surface area contributed by atoms with E-state index in [-0.39, 0.29) is 11.4 Å². The Morgan fingerprint density at radius 3 is 2.67 bits per heavy atom. The summed E-state index contributed by atoms with van der Waals surface area (Å²) >= 11 is 0. The number of ether oxygens (including phenoxy) is 1. The first-order chi connectivity index (χ1) is 8.68. The van der Waals surface area contributed by atoms with Crippen molar-refractivity contribution in [3.63, 3.8) is 0 Å². The van der Waals surface area contributed by atoms with Crippen LogP contribution in [0.2, 0.25) is 0 Å². The minimum atomic E-state index is -0.893. The Hall–Kier alpha value is -2.83. The lowest BCUT2D eigenvalue weighted by molar-refractivity contribution is -0.385. The Labute approximate surface area is 101 Å². The summed E-state index contributed by atoms with van der Waals surface area (Å²) in [4.78, 5) is 28.7. The molecule has 0 aliphatic carbocycles. The zero-order valence-electron chi connectivity index (χ0n) is 9.02. The molecule has 0 aliphatic rings. The molecule has 0 atom stereocenters. The molecule has 0 spiro atoms. The summed E-state index contributed by atoms with van der Waals surface area (Å²) in [6.07, 6.45) is 2.00. The van der Waals surface area contributed by atoms with Gasteiger partial charge in [-0.05, 0) is 12.1 Å². The third-order valence-corrected chi connectivity index (χ3v) is 2.04. The fraction of sp³-hybridized carbons (Fsp3) is 0. The standard InChI is InChI=1S/C11H7N3O4/c15-11(18-8-4-2-1-3-5-8)10-9(14(16)17)6-12-7-13-10/h1-7H. The predicted octanol–water partition coefficient (Wildman–Crippen LogP) is 1.60. The van der Waals surface area contributed by atoms with E-state index in [1.165, 1.54) is 0 Å². The zero-order chi connectivity index (χ0) is 13.0. The van der Waals surface area contributed by atoms with Crippen LogP contribution in [0.1, 0.15) is 10.5 Å². The molecule has 7 nitrogen and oxygen atoms in total. The quantitative estimate of drug-likeness (QED) is 0.352. The smallest absolute Gasteiger partial charge is 0.369 e. The second kappa shape index (κ2) is 5.00. The van der Waals surface area contributed by atoms with Gasteiger partial charge in [-0.1, -0.05) is 18.2 Å². The zero-order valence-corrected chi connectivity index (χ0v) is 9.02. The van der Waals surface area contributed by atoms with E-state index < -0.39 is 16.6 Å². The van der Waals surface area contributed by atoms with Crippen LogP contribution in [0.3, 0.4) is 0 Å². The highest BCUT2D eigenvalue weighted by atomic mass is 16.6. The van der Waals surface area contributed by atoms with Crippen molar-refractivity contribution in [2.24, 2.45) is 0 Å². The lowest BCUT2D eigenvalue weighted by Crippen LogP contribution is -2.13. The Balaban J connectivity index is 2.27. The minimum absolute atomic E-state index is 0.287. The first kappa shape index (κ1) is 11.6. The first-order valence-corrected chi connectivity index (χ1v) is 4.90. The van der Waals surface area contributed by atoms with Crippen LogP contribution in [0, 0.1) is 10.1 Å². The second-order valence-electron chi connectivity index (χ2n) is 3.22. The molecule has 1 heterocycles. The van der Waals surface area contributed by atoms with E-state index >= 15 is 0 Å². The molecule has 0 aliphatic heterocycles. The number of esters is 1. The van der Waals surface area contributed by atoms with E-state index in [0.717, 1.165) is 12.5 Å². The number of hydrogen-bond donors (Lipinski definition) is 0. The van der Waals surface area contributed by atoms with Gasteiger partial charge in [-0.3, -0.25) is 10.1 Å². The van der Waals surface area contributed by atoms with Crippen molar-refractivity contribution in [3.8, 4) is 5.75 Å². The van der Waals surface area contributed by atoms with Gasteiger partial charge in [0.2, 0.25) is 5.69 Å². The lowest BCUT2D eigenvalue weighted by atomic mass is 10.3. The number of rotatable bonds is 3. The molecule has 0 saturated heterocycles. The van der Waals surface area contributed by atoms with E-state index in [0.29, 0.717) is 0 Å². The van der Waals surface area contributed by atoms with Gasteiger partial charge in [-0.2, -0.15) is 0 Å². The number of carbonyl (C=O) groups excluding carboxylic acids is 1. The van der Waals surface area contributed by atoms with Gasteiger partial charge in [0.05, 0.1) is 4.92 Å². The van der Waals surface area contributed by atoms with E-state index in [4.69, 9.17) is 4.74 Å². The molecule has 1 aromatic carbocycles. The highest BCUT2D eigenvalue weighted by Crippen LogP contribution is 2.17. The summed E-state index contributed by atoms with van der Waals surface area (Å²) in [7, 11) is 0. The van der Waals surface area contributed by atoms with Gasteiger partial charge in [0, 0.05) is 0 Å². The van der Waals surface area contributed by atoms with Crippen LogP contribution in [0.5, 0.6) is 5.75 Å². The molecule has 2 rings (SSSR count). The van der Waals surface area contributed by atoms with E-state index in [1.807, 2.05) is 0 Å². The molecule has 2 aromatic rings. The molecule has 0 bridgehead atoms. The van der Waals surface area contributed by atoms with Gasteiger partial charge in [-0.15, -0.1) is 0 Å². The summed E-state index contributed by atoms with van der Waals surface area (Å²) in [6, 6.07) is 8.23. The molecular weight excluding hydrogens is 238 g/mol. The summed E-state index contributed by atoms with van der Waals surface area (Å²) in [5, 5.41) is 10.7. The van der Waals surface area contributed by atoms with Crippen molar-refractivity contribution in [2.75, 3.05) is 0 Å². The number of nitro groups is 1. The first-order valence-electron chi connectivity index (χ1n) is 4.90. The molecule has 1 aromatic heterocycles. The Bertz CT molecular complexity index is 586. The molecule has 0 radical (unpaired) electrons. The molecule has 0 unspecified atom stereocenters. The minimum Gasteiger partial charge on any atom is -0.422 e. The summed E-state index contributed by atoms with van der Waals surface area (Å²) < 4.78 is 4.96. The SMILES string of the molecule is O=C(Oc1ccccc1)c1ncncc1[N+](=O)[O-]. The molecule has 18 heavy (non-hydrogen) atoms. The molecule has 0 fully saturated rings. The molecule has 7 heteroatoms. The van der Waals surface area contributed by atoms with Gasteiger partial charge in [0.1, 0.15) is 18.3 Å². The van der Waals surface area contributed by atoms with E-state index in [1.54, 1.807) is 30.3 Å². The van der Waals surface area contributed by atoms with Crippen LogP contribution < -0.4 is 4.74 Å². The Morgan fingerprint density at radius 2 is 2.00 bits per heavy atom. The molecule has 0 saturated carbocycles. The average Bonchev–Trinajstić information content (AvgIpc) is 2.40. The van der Waals surface area contributed by atoms with Gasteiger partial charge < -0.3 is 4.74 Å². The maximum absolute atomic E-state index is 11.7. The monoisotopic (exact) mass is 245 g/mol. The summed E-state index contributed by atoms with van der Waals surface area (Å²) in [6.45, 7) is 0. The van der Waals surface area contributed by atoms with Crippen molar-refractivity contribution >= 4 is 11.7 Å². The van der Waals surface area contributed by atoms with Crippen molar-refractivity contribution in [2.45, 2.75) is 0 Å².